The van der Waals surface area contributed by atoms with Gasteiger partial charge in [0.2, 0.25) is 0 Å². The van der Waals surface area contributed by atoms with E-state index in [4.69, 9.17) is 9.98 Å². The first-order chi connectivity index (χ1) is 23.8. The molecule has 5 heteroatoms. The number of hydrogen-bond acceptors (Lipinski definition) is 4. The summed E-state index contributed by atoms with van der Waals surface area (Å²) in [5, 5.41) is 23.7. The zero-order chi connectivity index (χ0) is 35.9. The molecule has 0 spiro atoms. The van der Waals surface area contributed by atoms with Gasteiger partial charge in [-0.3, -0.25) is 9.98 Å². The van der Waals surface area contributed by atoms with E-state index in [0.717, 1.165) is 94.1 Å². The maximum Gasteiger partial charge on any atom is 2.00 e. The Morgan fingerprint density at radius 3 is 1.48 bits per heavy atom. The van der Waals surface area contributed by atoms with Gasteiger partial charge in [-0.1, -0.05) is 135 Å². The van der Waals surface area contributed by atoms with Crippen molar-refractivity contribution in [2.75, 3.05) is 0 Å². The molecule has 50 heavy (non-hydrogen) atoms. The van der Waals surface area contributed by atoms with Crippen molar-refractivity contribution in [2.24, 2.45) is 9.98 Å². The Hall–Kier alpha value is -2.91. The van der Waals surface area contributed by atoms with Crippen LogP contribution in [0.2, 0.25) is 0 Å². The molecule has 0 fully saturated rings. The number of rotatable bonds is 21. The van der Waals surface area contributed by atoms with Crippen LogP contribution >= 0.6 is 0 Å². The van der Waals surface area contributed by atoms with Gasteiger partial charge in [-0.25, -0.2) is 0 Å². The van der Waals surface area contributed by atoms with E-state index in [2.05, 4.69) is 84.9 Å². The van der Waals surface area contributed by atoms with E-state index in [9.17, 15) is 10.2 Å². The molecule has 0 bridgehead atoms. The number of hydrogen-bond donors (Lipinski definition) is 0. The Labute approximate surface area is 316 Å². The number of aliphatic imine (C=N–C) groups is 2. The molecule has 0 saturated carbocycles. The molecular weight excluding hydrogens is 659 g/mol. The molecule has 3 rings (SSSR count). The van der Waals surface area contributed by atoms with Gasteiger partial charge in [-0.05, 0) is 111 Å². The standard InChI is InChI=1S/C30H44N2.C15H24O2.Ni/c1-6-11-12-13-14-15-16-30(32-29-20-18-25(8-3)27(10-5)22-29)23-31-28-19-17-24(7-2)26(9-4)21-28;1-3-5-7-9-13-11-10-12(8-6-4-2)14(16)15(13)17;/h17-23H,6-16H2,1-5H3;10-11,16-17H,3-9H2,1-2H3;/q;;+2/p-2. The van der Waals surface area contributed by atoms with Crippen molar-refractivity contribution < 1.29 is 26.7 Å². The molecule has 0 atom stereocenters. The van der Waals surface area contributed by atoms with Gasteiger partial charge >= 0.3 is 16.5 Å². The van der Waals surface area contributed by atoms with Gasteiger partial charge in [0.25, 0.3) is 0 Å². The Bertz CT molecular complexity index is 1430. The van der Waals surface area contributed by atoms with E-state index in [1.807, 2.05) is 18.3 Å². The van der Waals surface area contributed by atoms with E-state index >= 15 is 0 Å². The third-order valence-electron chi connectivity index (χ3n) is 9.45. The fraction of sp³-hybridized carbons (Fsp3) is 0.556. The first-order valence-electron chi connectivity index (χ1n) is 19.7. The van der Waals surface area contributed by atoms with Crippen molar-refractivity contribution in [3.8, 4) is 11.5 Å². The zero-order valence-electron chi connectivity index (χ0n) is 32.5. The molecule has 0 aromatic heterocycles. The van der Waals surface area contributed by atoms with Crippen LogP contribution in [0.5, 0.6) is 11.5 Å². The summed E-state index contributed by atoms with van der Waals surface area (Å²) < 4.78 is 0. The summed E-state index contributed by atoms with van der Waals surface area (Å²) in [4.78, 5) is 9.87. The fourth-order valence-electron chi connectivity index (χ4n) is 6.24. The molecule has 0 radical (unpaired) electrons. The van der Waals surface area contributed by atoms with Crippen molar-refractivity contribution in [3.63, 3.8) is 0 Å². The van der Waals surface area contributed by atoms with Gasteiger partial charge in [0, 0.05) is 6.21 Å². The Balaban J connectivity index is 0.000000587. The van der Waals surface area contributed by atoms with Gasteiger partial charge in [-0.2, -0.15) is 0 Å². The number of nitrogens with zero attached hydrogens (tertiary/aromatic N) is 2. The van der Waals surface area contributed by atoms with Crippen LogP contribution in [0.25, 0.3) is 0 Å². The molecule has 0 aliphatic heterocycles. The van der Waals surface area contributed by atoms with Crippen LogP contribution in [-0.4, -0.2) is 11.9 Å². The normalized spacial score (nSPS) is 11.4. The summed E-state index contributed by atoms with van der Waals surface area (Å²) in [7, 11) is 0. The summed E-state index contributed by atoms with van der Waals surface area (Å²) in [6, 6.07) is 17.0. The third kappa shape index (κ3) is 16.0. The van der Waals surface area contributed by atoms with Crippen molar-refractivity contribution in [1.82, 2.24) is 0 Å². The monoisotopic (exact) mass is 724 g/mol. The van der Waals surface area contributed by atoms with Gasteiger partial charge in [0.1, 0.15) is 0 Å². The number of unbranched alkanes of at least 4 members (excludes halogenated alkanes) is 8. The minimum atomic E-state index is -0.271. The summed E-state index contributed by atoms with van der Waals surface area (Å²) in [5.74, 6) is -0.540. The quantitative estimate of drug-likeness (QED) is 0.0623. The summed E-state index contributed by atoms with van der Waals surface area (Å²) >= 11 is 0. The molecule has 278 valence electrons. The average molecular weight is 726 g/mol. The second kappa shape index (κ2) is 26.8. The van der Waals surface area contributed by atoms with Crippen LogP contribution < -0.4 is 10.2 Å². The van der Waals surface area contributed by atoms with Crippen molar-refractivity contribution >= 4 is 23.3 Å². The van der Waals surface area contributed by atoms with Crippen molar-refractivity contribution in [1.29, 1.82) is 0 Å². The second-order valence-corrected chi connectivity index (χ2v) is 13.3. The Morgan fingerprint density at radius 1 is 0.500 bits per heavy atom. The fourth-order valence-corrected chi connectivity index (χ4v) is 6.24. The van der Waals surface area contributed by atoms with Gasteiger partial charge in [0.15, 0.2) is 0 Å². The molecular formula is C45H66N2NiO2. The van der Waals surface area contributed by atoms with Crippen LogP contribution in [0.15, 0.2) is 58.5 Å². The molecule has 0 saturated heterocycles. The van der Waals surface area contributed by atoms with Crippen LogP contribution in [0.1, 0.15) is 159 Å². The van der Waals surface area contributed by atoms with Crippen LogP contribution in [0.4, 0.5) is 11.4 Å². The molecule has 4 nitrogen and oxygen atoms in total. The molecule has 0 N–H and O–H groups in total. The molecule has 0 aliphatic rings. The summed E-state index contributed by atoms with van der Waals surface area (Å²) in [6.45, 7) is 15.4. The zero-order valence-corrected chi connectivity index (χ0v) is 33.4. The first-order valence-corrected chi connectivity index (χ1v) is 19.7. The van der Waals surface area contributed by atoms with E-state index in [1.165, 1.54) is 60.8 Å². The van der Waals surface area contributed by atoms with E-state index in [-0.39, 0.29) is 28.0 Å². The summed E-state index contributed by atoms with van der Waals surface area (Å²) in [5.41, 5.74) is 10.2. The molecule has 0 heterocycles. The van der Waals surface area contributed by atoms with Gasteiger partial charge in [-0.15, -0.1) is 11.5 Å². The van der Waals surface area contributed by atoms with Crippen LogP contribution in [0, 0.1) is 0 Å². The van der Waals surface area contributed by atoms with Crippen molar-refractivity contribution in [2.45, 2.75) is 164 Å². The first kappa shape index (κ1) is 45.1. The maximum atomic E-state index is 11.8. The third-order valence-corrected chi connectivity index (χ3v) is 9.45. The number of aryl methyl sites for hydroxylation is 6. The van der Waals surface area contributed by atoms with Gasteiger partial charge < -0.3 is 10.2 Å². The average Bonchev–Trinajstić information content (AvgIpc) is 3.13. The second-order valence-electron chi connectivity index (χ2n) is 13.3. The van der Waals surface area contributed by atoms with Gasteiger partial charge in [0.05, 0.1) is 17.1 Å². The topological polar surface area (TPSA) is 70.8 Å². The molecule has 0 unspecified atom stereocenters. The van der Waals surface area contributed by atoms with Crippen LogP contribution in [0.3, 0.4) is 0 Å². The Morgan fingerprint density at radius 2 is 0.940 bits per heavy atom. The molecule has 0 amide bonds. The minimum absolute atomic E-state index is 0. The van der Waals surface area contributed by atoms with E-state index in [1.54, 1.807) is 0 Å². The largest absolute Gasteiger partial charge is 2.00 e. The molecule has 0 aliphatic carbocycles. The number of benzene rings is 3. The molecule has 3 aromatic rings. The predicted molar refractivity (Wildman–Crippen MR) is 211 cm³/mol. The SMILES string of the molecule is CCCCCCCCC(C=Nc1ccc(CC)c(CC)c1)=Nc1ccc(CC)c(CC)c1.CCCCCc1ccc(CCCC)c([O-])c1[O-].[Ni+2]. The van der Waals surface area contributed by atoms with Crippen molar-refractivity contribution in [3.05, 3.63) is 81.9 Å². The van der Waals surface area contributed by atoms with Crippen LogP contribution in [-0.2, 0) is 55.0 Å². The predicted octanol–water partition coefficient (Wildman–Crippen LogP) is 12.1. The van der Waals surface area contributed by atoms with E-state index < -0.39 is 0 Å². The van der Waals surface area contributed by atoms with E-state index in [0.29, 0.717) is 11.1 Å². The summed E-state index contributed by atoms with van der Waals surface area (Å²) in [6.07, 6.45) is 21.8. The smallest absolute Gasteiger partial charge is 0.873 e. The maximum absolute atomic E-state index is 11.8. The molecule has 3 aromatic carbocycles. The Kier molecular flexibility index (Phi) is 24.2. The minimum Gasteiger partial charge on any atom is -0.873 e.